The van der Waals surface area contributed by atoms with E-state index in [4.69, 9.17) is 10.00 Å². The van der Waals surface area contributed by atoms with Gasteiger partial charge in [-0.2, -0.15) is 5.26 Å². The zero-order chi connectivity index (χ0) is 8.65. The highest BCUT2D eigenvalue weighted by Crippen LogP contribution is 1.99. The van der Waals surface area contributed by atoms with Crippen molar-refractivity contribution in [2.45, 2.75) is 6.61 Å². The summed E-state index contributed by atoms with van der Waals surface area (Å²) in [6, 6.07) is 11.6. The predicted octanol–water partition coefficient (Wildman–Crippen LogP) is 2.24. The summed E-state index contributed by atoms with van der Waals surface area (Å²) in [6.45, 7) is 0.513. The van der Waals surface area contributed by atoms with Gasteiger partial charge in [-0.15, -0.1) is 0 Å². The fourth-order valence-corrected chi connectivity index (χ4v) is 0.797. The molecular formula is C10H9NO. The minimum Gasteiger partial charge on any atom is -0.496 e. The first kappa shape index (κ1) is 8.35. The van der Waals surface area contributed by atoms with Crippen LogP contribution in [0.5, 0.6) is 0 Å². The van der Waals surface area contributed by atoms with Crippen LogP contribution in [-0.4, -0.2) is 0 Å². The quantitative estimate of drug-likeness (QED) is 0.500. The summed E-state index contributed by atoms with van der Waals surface area (Å²) in [6.07, 6.45) is 2.70. The Kier molecular flexibility index (Phi) is 3.46. The normalized spacial score (nSPS) is 9.58. The van der Waals surface area contributed by atoms with Crippen molar-refractivity contribution in [3.05, 3.63) is 48.2 Å². The Hall–Kier alpha value is -1.75. The van der Waals surface area contributed by atoms with E-state index in [0.29, 0.717) is 6.61 Å². The summed E-state index contributed by atoms with van der Waals surface area (Å²) in [5.74, 6) is 0. The Balaban J connectivity index is 2.35. The van der Waals surface area contributed by atoms with E-state index >= 15 is 0 Å². The standard InChI is InChI=1S/C10H9NO/c11-7-4-8-12-9-10-5-2-1-3-6-10/h1-6,8H,9H2/b8-4+. The number of allylic oxidation sites excluding steroid dienone is 1. The van der Waals surface area contributed by atoms with Crippen LogP contribution in [0.25, 0.3) is 0 Å². The Bertz CT molecular complexity index is 284. The molecule has 0 saturated carbocycles. The molecule has 60 valence electrons. The maximum absolute atomic E-state index is 8.15. The second-order valence-corrected chi connectivity index (χ2v) is 2.23. The van der Waals surface area contributed by atoms with E-state index in [1.807, 2.05) is 36.4 Å². The van der Waals surface area contributed by atoms with Crippen molar-refractivity contribution in [3.8, 4) is 6.07 Å². The highest BCUT2D eigenvalue weighted by Gasteiger charge is 1.86. The Morgan fingerprint density at radius 2 is 2.08 bits per heavy atom. The molecule has 1 rings (SSSR count). The van der Waals surface area contributed by atoms with Crippen molar-refractivity contribution in [1.82, 2.24) is 0 Å². The van der Waals surface area contributed by atoms with Crippen LogP contribution >= 0.6 is 0 Å². The molecule has 0 N–H and O–H groups in total. The lowest BCUT2D eigenvalue weighted by Crippen LogP contribution is -1.84. The lowest BCUT2D eigenvalue weighted by molar-refractivity contribution is 0.236. The zero-order valence-corrected chi connectivity index (χ0v) is 6.60. The first-order valence-corrected chi connectivity index (χ1v) is 3.63. The van der Waals surface area contributed by atoms with Crippen molar-refractivity contribution < 1.29 is 4.74 Å². The third-order valence-electron chi connectivity index (χ3n) is 1.33. The molecule has 0 saturated heterocycles. The number of nitrogens with zero attached hydrogens (tertiary/aromatic N) is 1. The van der Waals surface area contributed by atoms with Crippen molar-refractivity contribution in [1.29, 1.82) is 5.26 Å². The number of benzene rings is 1. The van der Waals surface area contributed by atoms with Crippen LogP contribution in [0.1, 0.15) is 5.56 Å². The molecule has 2 heteroatoms. The minimum absolute atomic E-state index is 0.513. The number of rotatable bonds is 3. The largest absolute Gasteiger partial charge is 0.496 e. The molecule has 0 amide bonds. The van der Waals surface area contributed by atoms with E-state index in [2.05, 4.69) is 0 Å². The van der Waals surface area contributed by atoms with E-state index in [9.17, 15) is 0 Å². The monoisotopic (exact) mass is 159 g/mol. The Morgan fingerprint density at radius 1 is 1.33 bits per heavy atom. The molecule has 0 atom stereocenters. The highest BCUT2D eigenvalue weighted by atomic mass is 16.5. The average Bonchev–Trinajstić information content (AvgIpc) is 2.14. The molecule has 0 unspecified atom stereocenters. The van der Waals surface area contributed by atoms with E-state index in [1.165, 1.54) is 12.3 Å². The lowest BCUT2D eigenvalue weighted by Gasteiger charge is -1.98. The molecule has 0 aliphatic heterocycles. The lowest BCUT2D eigenvalue weighted by atomic mass is 10.2. The van der Waals surface area contributed by atoms with Crippen molar-refractivity contribution >= 4 is 0 Å². The maximum Gasteiger partial charge on any atom is 0.112 e. The van der Waals surface area contributed by atoms with Crippen molar-refractivity contribution in [3.63, 3.8) is 0 Å². The molecule has 1 aromatic rings. The summed E-state index contributed by atoms with van der Waals surface area (Å²) in [7, 11) is 0. The second kappa shape index (κ2) is 4.97. The molecular weight excluding hydrogens is 150 g/mol. The van der Waals surface area contributed by atoms with E-state index < -0.39 is 0 Å². The topological polar surface area (TPSA) is 33.0 Å². The fourth-order valence-electron chi connectivity index (χ4n) is 0.797. The van der Waals surface area contributed by atoms with Gasteiger partial charge in [0.15, 0.2) is 0 Å². The van der Waals surface area contributed by atoms with E-state index in [-0.39, 0.29) is 0 Å². The molecule has 0 aromatic heterocycles. The van der Waals surface area contributed by atoms with Gasteiger partial charge in [0.25, 0.3) is 0 Å². The van der Waals surface area contributed by atoms with Gasteiger partial charge in [0.05, 0.1) is 18.4 Å². The van der Waals surface area contributed by atoms with Gasteiger partial charge in [0.1, 0.15) is 6.61 Å². The molecule has 12 heavy (non-hydrogen) atoms. The summed E-state index contributed by atoms with van der Waals surface area (Å²) in [5.41, 5.74) is 1.10. The summed E-state index contributed by atoms with van der Waals surface area (Å²) in [5, 5.41) is 8.15. The van der Waals surface area contributed by atoms with E-state index in [0.717, 1.165) is 5.56 Å². The highest BCUT2D eigenvalue weighted by molar-refractivity contribution is 5.13. The fraction of sp³-hybridized carbons (Fsp3) is 0.100. The number of hydrogen-bond donors (Lipinski definition) is 0. The van der Waals surface area contributed by atoms with Gasteiger partial charge < -0.3 is 4.74 Å². The molecule has 0 spiro atoms. The summed E-state index contributed by atoms with van der Waals surface area (Å²) >= 11 is 0. The van der Waals surface area contributed by atoms with Crippen molar-refractivity contribution in [2.24, 2.45) is 0 Å². The molecule has 0 bridgehead atoms. The third-order valence-corrected chi connectivity index (χ3v) is 1.33. The molecule has 0 heterocycles. The molecule has 0 radical (unpaired) electrons. The third kappa shape index (κ3) is 2.89. The van der Waals surface area contributed by atoms with Gasteiger partial charge in [0.2, 0.25) is 0 Å². The van der Waals surface area contributed by atoms with Crippen LogP contribution < -0.4 is 0 Å². The second-order valence-electron chi connectivity index (χ2n) is 2.23. The van der Waals surface area contributed by atoms with Gasteiger partial charge in [0, 0.05) is 0 Å². The number of nitriles is 1. The molecule has 1 aromatic carbocycles. The van der Waals surface area contributed by atoms with Gasteiger partial charge >= 0.3 is 0 Å². The first-order chi connectivity index (χ1) is 5.93. The SMILES string of the molecule is N#C/C=C/OCc1ccccc1. The van der Waals surface area contributed by atoms with Crippen LogP contribution in [0, 0.1) is 11.3 Å². The summed E-state index contributed by atoms with van der Waals surface area (Å²) < 4.78 is 5.06. The summed E-state index contributed by atoms with van der Waals surface area (Å²) in [4.78, 5) is 0. The van der Waals surface area contributed by atoms with Crippen molar-refractivity contribution in [2.75, 3.05) is 0 Å². The van der Waals surface area contributed by atoms with Crippen LogP contribution in [-0.2, 0) is 11.3 Å². The Labute approximate surface area is 71.7 Å². The van der Waals surface area contributed by atoms with Gasteiger partial charge in [-0.3, -0.25) is 0 Å². The van der Waals surface area contributed by atoms with Gasteiger partial charge in [-0.1, -0.05) is 30.3 Å². The van der Waals surface area contributed by atoms with Crippen LogP contribution in [0.4, 0.5) is 0 Å². The number of ether oxygens (including phenoxy) is 1. The van der Waals surface area contributed by atoms with Crippen LogP contribution in [0.15, 0.2) is 42.7 Å². The van der Waals surface area contributed by atoms with E-state index in [1.54, 1.807) is 0 Å². The maximum atomic E-state index is 8.15. The Morgan fingerprint density at radius 3 is 2.75 bits per heavy atom. The molecule has 2 nitrogen and oxygen atoms in total. The van der Waals surface area contributed by atoms with Gasteiger partial charge in [-0.25, -0.2) is 0 Å². The van der Waals surface area contributed by atoms with Gasteiger partial charge in [-0.05, 0) is 5.56 Å². The molecule has 0 aliphatic rings. The predicted molar refractivity (Wildman–Crippen MR) is 46.0 cm³/mol. The minimum atomic E-state index is 0.513. The molecule has 0 fully saturated rings. The number of hydrogen-bond acceptors (Lipinski definition) is 2. The van der Waals surface area contributed by atoms with Crippen LogP contribution in [0.2, 0.25) is 0 Å². The molecule has 0 aliphatic carbocycles. The van der Waals surface area contributed by atoms with Crippen LogP contribution in [0.3, 0.4) is 0 Å². The first-order valence-electron chi connectivity index (χ1n) is 3.63. The average molecular weight is 159 g/mol. The smallest absolute Gasteiger partial charge is 0.112 e. The zero-order valence-electron chi connectivity index (χ0n) is 6.60.